The first-order valence-corrected chi connectivity index (χ1v) is 9.71. The molecule has 1 aliphatic heterocycles. The van der Waals surface area contributed by atoms with Crippen LogP contribution in [0, 0.1) is 0 Å². The Balaban J connectivity index is 1.68. The lowest BCUT2D eigenvalue weighted by atomic mass is 9.97. The van der Waals surface area contributed by atoms with Crippen LogP contribution in [0.1, 0.15) is 38.1 Å². The lowest BCUT2D eigenvalue weighted by Gasteiger charge is -2.24. The second-order valence-electron chi connectivity index (χ2n) is 7.40. The van der Waals surface area contributed by atoms with Crippen molar-refractivity contribution in [1.29, 1.82) is 0 Å². The Bertz CT molecular complexity index is 1150. The lowest BCUT2D eigenvalue weighted by molar-refractivity contribution is 0.338. The highest BCUT2D eigenvalue weighted by atomic mass is 32.2. The maximum Gasteiger partial charge on any atom is 0.417 e. The van der Waals surface area contributed by atoms with Gasteiger partial charge in [0.15, 0.2) is 11.5 Å². The number of sulfonamides is 1. The molecule has 0 unspecified atom stereocenters. The molecule has 138 valence electrons. The number of nitrogens with zero attached hydrogens (tertiary/aromatic N) is 2. The molecule has 0 spiro atoms. The van der Waals surface area contributed by atoms with Gasteiger partial charge in [-0.25, -0.2) is 18.2 Å². The van der Waals surface area contributed by atoms with Gasteiger partial charge >= 0.3 is 5.76 Å². The molecule has 0 bridgehead atoms. The fourth-order valence-corrected chi connectivity index (χ4v) is 4.37. The summed E-state index contributed by atoms with van der Waals surface area (Å²) in [5, 5.41) is 0. The van der Waals surface area contributed by atoms with Crippen molar-refractivity contribution in [2.45, 2.75) is 44.0 Å². The smallest absolute Gasteiger partial charge is 0.417 e. The second-order valence-corrected chi connectivity index (χ2v) is 9.34. The van der Waals surface area contributed by atoms with E-state index in [0.29, 0.717) is 35.6 Å². The summed E-state index contributed by atoms with van der Waals surface area (Å²) in [6, 6.07) is 4.32. The zero-order valence-electron chi connectivity index (χ0n) is 14.7. The Labute approximate surface area is 149 Å². The van der Waals surface area contributed by atoms with Crippen molar-refractivity contribution in [3.05, 3.63) is 46.1 Å². The zero-order chi connectivity index (χ0) is 18.7. The Morgan fingerprint density at radius 2 is 2.00 bits per heavy atom. The first-order chi connectivity index (χ1) is 12.1. The van der Waals surface area contributed by atoms with Gasteiger partial charge in [0.05, 0.1) is 22.7 Å². The molecule has 0 saturated carbocycles. The highest BCUT2D eigenvalue weighted by Gasteiger charge is 2.33. The molecule has 1 N–H and O–H groups in total. The molecule has 0 saturated heterocycles. The number of aromatic nitrogens is 2. The van der Waals surface area contributed by atoms with Gasteiger partial charge in [-0.15, -0.1) is 0 Å². The molecule has 2 aromatic heterocycles. The number of hydrogen-bond donors (Lipinski definition) is 1. The third-order valence-electron chi connectivity index (χ3n) is 4.36. The van der Waals surface area contributed by atoms with Gasteiger partial charge in [0.1, 0.15) is 5.76 Å². The number of benzene rings is 1. The van der Waals surface area contributed by atoms with E-state index in [-0.39, 0.29) is 16.9 Å². The van der Waals surface area contributed by atoms with Crippen LogP contribution >= 0.6 is 0 Å². The minimum Gasteiger partial charge on any atom is -0.445 e. The maximum atomic E-state index is 13.0. The van der Waals surface area contributed by atoms with Crippen LogP contribution in [0.5, 0.6) is 0 Å². The van der Waals surface area contributed by atoms with Gasteiger partial charge in [0.25, 0.3) is 0 Å². The summed E-state index contributed by atoms with van der Waals surface area (Å²) in [6.07, 6.45) is 0.475. The van der Waals surface area contributed by atoms with E-state index in [0.717, 1.165) is 5.76 Å². The van der Waals surface area contributed by atoms with Crippen LogP contribution in [0.25, 0.3) is 11.1 Å². The molecule has 3 aromatic rings. The molecule has 1 aromatic carbocycles. The molecule has 0 amide bonds. The first kappa shape index (κ1) is 17.0. The van der Waals surface area contributed by atoms with Crippen molar-refractivity contribution < 1.29 is 17.3 Å². The highest BCUT2D eigenvalue weighted by Crippen LogP contribution is 2.30. The van der Waals surface area contributed by atoms with Crippen molar-refractivity contribution in [2.24, 2.45) is 0 Å². The molecule has 8 nitrogen and oxygen atoms in total. The third-order valence-corrected chi connectivity index (χ3v) is 6.20. The van der Waals surface area contributed by atoms with E-state index in [1.165, 1.54) is 22.5 Å². The van der Waals surface area contributed by atoms with Gasteiger partial charge in [-0.1, -0.05) is 20.8 Å². The van der Waals surface area contributed by atoms with Crippen molar-refractivity contribution in [3.63, 3.8) is 0 Å². The van der Waals surface area contributed by atoms with Gasteiger partial charge < -0.3 is 8.83 Å². The molecule has 0 fully saturated rings. The number of oxazole rings is 2. The molecular formula is C17H19N3O5S. The molecular weight excluding hydrogens is 358 g/mol. The standard InChI is InChI=1S/C17H19N3O5S/c1-17(2,3)15-18-12-9-20(7-6-14(12)24-15)26(22,23)10-4-5-13-11(8-10)19-16(21)25-13/h4-5,8H,6-7,9H2,1-3H3,(H,19,21). The van der Waals surface area contributed by atoms with E-state index in [9.17, 15) is 13.2 Å². The second kappa shape index (κ2) is 5.55. The van der Waals surface area contributed by atoms with Crippen molar-refractivity contribution >= 4 is 21.1 Å². The van der Waals surface area contributed by atoms with E-state index in [4.69, 9.17) is 8.83 Å². The molecule has 9 heteroatoms. The van der Waals surface area contributed by atoms with Crippen LogP contribution in [0.2, 0.25) is 0 Å². The molecule has 0 radical (unpaired) electrons. The zero-order valence-corrected chi connectivity index (χ0v) is 15.5. The van der Waals surface area contributed by atoms with Gasteiger partial charge in [-0.3, -0.25) is 4.98 Å². The van der Waals surface area contributed by atoms with Crippen molar-refractivity contribution in [3.8, 4) is 0 Å². The number of rotatable bonds is 2. The summed E-state index contributed by atoms with van der Waals surface area (Å²) < 4.78 is 38.1. The third kappa shape index (κ3) is 2.77. The summed E-state index contributed by atoms with van der Waals surface area (Å²) in [7, 11) is -3.73. The number of hydrogen-bond acceptors (Lipinski definition) is 6. The first-order valence-electron chi connectivity index (χ1n) is 8.27. The predicted octanol–water partition coefficient (Wildman–Crippen LogP) is 2.15. The monoisotopic (exact) mass is 377 g/mol. The molecule has 0 aliphatic carbocycles. The van der Waals surface area contributed by atoms with Crippen LogP contribution in [0.3, 0.4) is 0 Å². The largest absolute Gasteiger partial charge is 0.445 e. The van der Waals surface area contributed by atoms with E-state index in [2.05, 4.69) is 9.97 Å². The minimum absolute atomic E-state index is 0.102. The van der Waals surface area contributed by atoms with E-state index >= 15 is 0 Å². The number of H-pyrrole nitrogens is 1. The maximum absolute atomic E-state index is 13.0. The van der Waals surface area contributed by atoms with Crippen molar-refractivity contribution in [2.75, 3.05) is 6.54 Å². The summed E-state index contributed by atoms with van der Waals surface area (Å²) in [4.78, 5) is 18.3. The van der Waals surface area contributed by atoms with Crippen LogP contribution in [-0.2, 0) is 28.4 Å². The SMILES string of the molecule is CC(C)(C)c1nc2c(o1)CCN(S(=O)(=O)c1ccc3oc(=O)[nH]c3c1)C2. The molecule has 4 rings (SSSR count). The topological polar surface area (TPSA) is 109 Å². The summed E-state index contributed by atoms with van der Waals surface area (Å²) in [6.45, 7) is 6.48. The van der Waals surface area contributed by atoms with Gasteiger partial charge in [0, 0.05) is 18.4 Å². The molecule has 0 atom stereocenters. The minimum atomic E-state index is -3.73. The van der Waals surface area contributed by atoms with Gasteiger partial charge in [-0.05, 0) is 18.2 Å². The average molecular weight is 377 g/mol. The van der Waals surface area contributed by atoms with E-state index < -0.39 is 15.8 Å². The molecule has 26 heavy (non-hydrogen) atoms. The number of aromatic amines is 1. The normalized spacial score (nSPS) is 16.1. The summed E-state index contributed by atoms with van der Waals surface area (Å²) >= 11 is 0. The quantitative estimate of drug-likeness (QED) is 0.733. The summed E-state index contributed by atoms with van der Waals surface area (Å²) in [5.41, 5.74) is 1.09. The van der Waals surface area contributed by atoms with Crippen LogP contribution < -0.4 is 5.76 Å². The van der Waals surface area contributed by atoms with E-state index in [1.54, 1.807) is 0 Å². The molecule has 3 heterocycles. The van der Waals surface area contributed by atoms with Gasteiger partial charge in [-0.2, -0.15) is 4.31 Å². The fraction of sp³-hybridized carbons (Fsp3) is 0.412. The Kier molecular flexibility index (Phi) is 3.64. The Hall–Kier alpha value is -2.39. The average Bonchev–Trinajstić information content (AvgIpc) is 3.14. The van der Waals surface area contributed by atoms with Crippen molar-refractivity contribution in [1.82, 2.24) is 14.3 Å². The Morgan fingerprint density at radius 1 is 1.23 bits per heavy atom. The summed E-state index contributed by atoms with van der Waals surface area (Å²) in [5.74, 6) is 0.740. The lowest BCUT2D eigenvalue weighted by Crippen LogP contribution is -2.35. The predicted molar refractivity (Wildman–Crippen MR) is 93.3 cm³/mol. The highest BCUT2D eigenvalue weighted by molar-refractivity contribution is 7.89. The number of nitrogens with one attached hydrogen (secondary N) is 1. The van der Waals surface area contributed by atoms with Crippen LogP contribution in [0.15, 0.2) is 36.7 Å². The number of fused-ring (bicyclic) bond motifs is 2. The molecule has 1 aliphatic rings. The van der Waals surface area contributed by atoms with Crippen LogP contribution in [0.4, 0.5) is 0 Å². The van der Waals surface area contributed by atoms with Crippen LogP contribution in [-0.4, -0.2) is 29.2 Å². The van der Waals surface area contributed by atoms with Gasteiger partial charge in [0.2, 0.25) is 10.0 Å². The Morgan fingerprint density at radius 3 is 2.73 bits per heavy atom. The van der Waals surface area contributed by atoms with E-state index in [1.807, 2.05) is 20.8 Å². The fourth-order valence-electron chi connectivity index (χ4n) is 2.94.